The Hall–Kier alpha value is -0.520. The lowest BCUT2D eigenvalue weighted by atomic mass is 10.1. The maximum atomic E-state index is 2.32. The Morgan fingerprint density at radius 1 is 1.50 bits per heavy atom. The van der Waals surface area contributed by atoms with E-state index in [-0.39, 0.29) is 0 Å². The summed E-state index contributed by atoms with van der Waals surface area (Å²) in [7, 11) is 0. The molecule has 0 amide bonds. The number of hydrogen-bond donors (Lipinski definition) is 0. The first kappa shape index (κ1) is 7.59. The Bertz CT molecular complexity index is 151. The van der Waals surface area contributed by atoms with E-state index in [4.69, 9.17) is 0 Å². The zero-order valence-electron chi connectivity index (χ0n) is 6.93. The second kappa shape index (κ2) is 3.60. The number of rotatable bonds is 1. The molecule has 56 valence electrons. The molecule has 1 aliphatic carbocycles. The Labute approximate surface area is 63.6 Å². The van der Waals surface area contributed by atoms with Crippen LogP contribution in [0, 0.1) is 5.92 Å². The van der Waals surface area contributed by atoms with Gasteiger partial charge in [-0.15, -0.1) is 0 Å². The molecule has 0 spiro atoms. The standard InChI is InChI=1S/C10H16/c1-3-4-7-10-8-5-6-9(10)2/h3-4,7,9H,5-6,8H2,1-2H3/b4-3-,10-7-. The summed E-state index contributed by atoms with van der Waals surface area (Å²) in [5, 5.41) is 0. The van der Waals surface area contributed by atoms with Gasteiger partial charge >= 0.3 is 0 Å². The molecule has 0 nitrogen and oxygen atoms in total. The second-order valence-corrected chi connectivity index (χ2v) is 3.06. The van der Waals surface area contributed by atoms with Crippen molar-refractivity contribution in [1.29, 1.82) is 0 Å². The molecule has 0 heteroatoms. The lowest BCUT2D eigenvalue weighted by molar-refractivity contribution is 0.696. The third-order valence-corrected chi connectivity index (χ3v) is 2.24. The van der Waals surface area contributed by atoms with Crippen LogP contribution in [0.15, 0.2) is 23.8 Å². The molecule has 0 N–H and O–H groups in total. The van der Waals surface area contributed by atoms with E-state index in [1.807, 2.05) is 0 Å². The molecule has 0 radical (unpaired) electrons. The number of allylic oxidation sites excluding steroid dienone is 4. The molecule has 1 unspecified atom stereocenters. The first-order valence-electron chi connectivity index (χ1n) is 4.16. The molecule has 1 atom stereocenters. The van der Waals surface area contributed by atoms with Gasteiger partial charge < -0.3 is 0 Å². The Morgan fingerprint density at radius 3 is 2.80 bits per heavy atom. The molecule has 0 aromatic heterocycles. The molecule has 1 aliphatic rings. The summed E-state index contributed by atoms with van der Waals surface area (Å²) >= 11 is 0. The molecule has 0 heterocycles. The minimum atomic E-state index is 0.844. The molecular weight excluding hydrogens is 120 g/mol. The summed E-state index contributed by atoms with van der Waals surface area (Å²) in [5.74, 6) is 0.844. The van der Waals surface area contributed by atoms with Gasteiger partial charge in [0, 0.05) is 0 Å². The van der Waals surface area contributed by atoms with Gasteiger partial charge in [0.05, 0.1) is 0 Å². The van der Waals surface area contributed by atoms with Gasteiger partial charge in [-0.05, 0) is 32.1 Å². The molecule has 1 saturated carbocycles. The number of hydrogen-bond acceptors (Lipinski definition) is 0. The van der Waals surface area contributed by atoms with E-state index >= 15 is 0 Å². The molecule has 0 saturated heterocycles. The predicted molar refractivity (Wildman–Crippen MR) is 45.9 cm³/mol. The third-order valence-electron chi connectivity index (χ3n) is 2.24. The van der Waals surface area contributed by atoms with Crippen molar-refractivity contribution in [3.63, 3.8) is 0 Å². The van der Waals surface area contributed by atoms with Crippen molar-refractivity contribution in [2.75, 3.05) is 0 Å². The van der Waals surface area contributed by atoms with Crippen molar-refractivity contribution in [2.24, 2.45) is 5.92 Å². The molecular formula is C10H16. The summed E-state index contributed by atoms with van der Waals surface area (Å²) in [6, 6.07) is 0. The van der Waals surface area contributed by atoms with Crippen LogP contribution < -0.4 is 0 Å². The van der Waals surface area contributed by atoms with Crippen LogP contribution in [0.25, 0.3) is 0 Å². The normalized spacial score (nSPS) is 30.6. The smallest absolute Gasteiger partial charge is 0.0228 e. The van der Waals surface area contributed by atoms with Crippen LogP contribution in [0.5, 0.6) is 0 Å². The highest BCUT2D eigenvalue weighted by Crippen LogP contribution is 2.29. The molecule has 1 rings (SSSR count). The Balaban J connectivity index is 2.53. The third kappa shape index (κ3) is 1.73. The zero-order valence-corrected chi connectivity index (χ0v) is 6.93. The Kier molecular flexibility index (Phi) is 2.73. The first-order chi connectivity index (χ1) is 4.84. The van der Waals surface area contributed by atoms with Gasteiger partial charge in [0.15, 0.2) is 0 Å². The lowest BCUT2D eigenvalue weighted by Gasteiger charge is -2.00. The second-order valence-electron chi connectivity index (χ2n) is 3.06. The van der Waals surface area contributed by atoms with Gasteiger partial charge in [0.25, 0.3) is 0 Å². The monoisotopic (exact) mass is 136 g/mol. The fourth-order valence-electron chi connectivity index (χ4n) is 1.51. The predicted octanol–water partition coefficient (Wildman–Crippen LogP) is 3.31. The van der Waals surface area contributed by atoms with Gasteiger partial charge in [-0.3, -0.25) is 0 Å². The summed E-state index contributed by atoms with van der Waals surface area (Å²) in [6.45, 7) is 4.39. The van der Waals surface area contributed by atoms with Crippen LogP contribution in [0.1, 0.15) is 33.1 Å². The maximum Gasteiger partial charge on any atom is -0.0228 e. The topological polar surface area (TPSA) is 0 Å². The zero-order chi connectivity index (χ0) is 7.40. The van der Waals surface area contributed by atoms with Crippen molar-refractivity contribution in [3.05, 3.63) is 23.8 Å². The molecule has 0 aliphatic heterocycles. The van der Waals surface area contributed by atoms with Crippen LogP contribution >= 0.6 is 0 Å². The summed E-state index contributed by atoms with van der Waals surface area (Å²) < 4.78 is 0. The van der Waals surface area contributed by atoms with Crippen molar-refractivity contribution in [1.82, 2.24) is 0 Å². The first-order valence-corrected chi connectivity index (χ1v) is 4.16. The minimum Gasteiger partial charge on any atom is -0.0877 e. The van der Waals surface area contributed by atoms with Crippen LogP contribution in [0.4, 0.5) is 0 Å². The average molecular weight is 136 g/mol. The summed E-state index contributed by atoms with van der Waals surface area (Å²) in [4.78, 5) is 0. The average Bonchev–Trinajstić information content (AvgIpc) is 2.31. The van der Waals surface area contributed by atoms with E-state index in [1.165, 1.54) is 19.3 Å². The van der Waals surface area contributed by atoms with Gasteiger partial charge in [-0.25, -0.2) is 0 Å². The lowest BCUT2D eigenvalue weighted by Crippen LogP contribution is -1.86. The highest BCUT2D eigenvalue weighted by molar-refractivity contribution is 5.16. The van der Waals surface area contributed by atoms with Crippen molar-refractivity contribution < 1.29 is 0 Å². The van der Waals surface area contributed by atoms with E-state index in [0.717, 1.165) is 5.92 Å². The summed E-state index contributed by atoms with van der Waals surface area (Å²) in [5.41, 5.74) is 1.64. The van der Waals surface area contributed by atoms with Gasteiger partial charge in [0.2, 0.25) is 0 Å². The summed E-state index contributed by atoms with van der Waals surface area (Å²) in [6.07, 6.45) is 10.6. The molecule has 10 heavy (non-hydrogen) atoms. The van der Waals surface area contributed by atoms with Crippen LogP contribution in [0.3, 0.4) is 0 Å². The van der Waals surface area contributed by atoms with Crippen LogP contribution in [-0.2, 0) is 0 Å². The minimum absolute atomic E-state index is 0.844. The van der Waals surface area contributed by atoms with E-state index in [1.54, 1.807) is 5.57 Å². The fourth-order valence-corrected chi connectivity index (χ4v) is 1.51. The Morgan fingerprint density at radius 2 is 2.30 bits per heavy atom. The van der Waals surface area contributed by atoms with Crippen molar-refractivity contribution >= 4 is 0 Å². The van der Waals surface area contributed by atoms with Gasteiger partial charge in [0.1, 0.15) is 0 Å². The van der Waals surface area contributed by atoms with Gasteiger partial charge in [-0.2, -0.15) is 0 Å². The quantitative estimate of drug-likeness (QED) is 0.518. The van der Waals surface area contributed by atoms with Crippen LogP contribution in [-0.4, -0.2) is 0 Å². The van der Waals surface area contributed by atoms with Gasteiger partial charge in [-0.1, -0.05) is 30.7 Å². The largest absolute Gasteiger partial charge is 0.0877 e. The van der Waals surface area contributed by atoms with Crippen molar-refractivity contribution in [3.8, 4) is 0 Å². The van der Waals surface area contributed by atoms with E-state index in [0.29, 0.717) is 0 Å². The highest BCUT2D eigenvalue weighted by Gasteiger charge is 2.14. The van der Waals surface area contributed by atoms with Crippen LogP contribution in [0.2, 0.25) is 0 Å². The molecule has 0 aromatic carbocycles. The molecule has 0 aromatic rings. The SMILES string of the molecule is C/C=C\C=C1\CCCC1C. The van der Waals surface area contributed by atoms with Crippen molar-refractivity contribution in [2.45, 2.75) is 33.1 Å². The van der Waals surface area contributed by atoms with E-state index in [9.17, 15) is 0 Å². The van der Waals surface area contributed by atoms with E-state index in [2.05, 4.69) is 32.1 Å². The molecule has 0 bridgehead atoms. The fraction of sp³-hybridized carbons (Fsp3) is 0.600. The highest BCUT2D eigenvalue weighted by atomic mass is 14.2. The van der Waals surface area contributed by atoms with E-state index < -0.39 is 0 Å². The maximum absolute atomic E-state index is 2.32. The molecule has 1 fully saturated rings.